The first-order valence-corrected chi connectivity index (χ1v) is 5.38. The number of aromatic hydroxyl groups is 2. The fourth-order valence-corrected chi connectivity index (χ4v) is 1.72. The molecular weight excluding hydrogens is 206 g/mol. The van der Waals surface area contributed by atoms with Gasteiger partial charge in [0.15, 0.2) is 11.5 Å². The molecule has 1 amide bonds. The van der Waals surface area contributed by atoms with Crippen molar-refractivity contribution in [1.82, 2.24) is 5.32 Å². The number of hydrogen-bond acceptors (Lipinski definition) is 3. The van der Waals surface area contributed by atoms with Crippen LogP contribution in [0, 0.1) is 11.8 Å². The van der Waals surface area contributed by atoms with E-state index in [1.54, 1.807) is 0 Å². The van der Waals surface area contributed by atoms with Crippen LogP contribution in [0.4, 0.5) is 0 Å². The SMILES string of the molecule is CC1CC1CNC(=O)c1cccc(O)c1O. The Labute approximate surface area is 93.9 Å². The van der Waals surface area contributed by atoms with Gasteiger partial charge in [0.05, 0.1) is 5.56 Å². The molecule has 4 heteroatoms. The van der Waals surface area contributed by atoms with Crippen LogP contribution in [0.25, 0.3) is 0 Å². The lowest BCUT2D eigenvalue weighted by molar-refractivity contribution is 0.0948. The Bertz CT molecular complexity index is 417. The van der Waals surface area contributed by atoms with Gasteiger partial charge in [0.1, 0.15) is 0 Å². The Kier molecular flexibility index (Phi) is 2.73. The third-order valence-corrected chi connectivity index (χ3v) is 3.06. The van der Waals surface area contributed by atoms with Gasteiger partial charge in [-0.25, -0.2) is 0 Å². The van der Waals surface area contributed by atoms with Crippen molar-refractivity contribution in [2.24, 2.45) is 11.8 Å². The van der Waals surface area contributed by atoms with E-state index in [9.17, 15) is 15.0 Å². The Morgan fingerprint density at radius 2 is 2.19 bits per heavy atom. The third kappa shape index (κ3) is 2.10. The Hall–Kier alpha value is -1.71. The fourth-order valence-electron chi connectivity index (χ4n) is 1.72. The summed E-state index contributed by atoms with van der Waals surface area (Å²) in [7, 11) is 0. The van der Waals surface area contributed by atoms with Crippen LogP contribution in [0.1, 0.15) is 23.7 Å². The molecule has 0 aliphatic heterocycles. The van der Waals surface area contributed by atoms with Gasteiger partial charge in [0, 0.05) is 6.54 Å². The molecule has 0 bridgehead atoms. The van der Waals surface area contributed by atoms with Crippen molar-refractivity contribution in [1.29, 1.82) is 0 Å². The van der Waals surface area contributed by atoms with Gasteiger partial charge in [-0.1, -0.05) is 13.0 Å². The number of amides is 1. The van der Waals surface area contributed by atoms with E-state index < -0.39 is 0 Å². The molecule has 1 aliphatic rings. The van der Waals surface area contributed by atoms with Crippen LogP contribution >= 0.6 is 0 Å². The molecule has 0 saturated heterocycles. The van der Waals surface area contributed by atoms with Gasteiger partial charge in [-0.3, -0.25) is 4.79 Å². The van der Waals surface area contributed by atoms with Gasteiger partial charge in [0.2, 0.25) is 0 Å². The molecule has 0 spiro atoms. The number of para-hydroxylation sites is 1. The van der Waals surface area contributed by atoms with Gasteiger partial charge in [-0.15, -0.1) is 0 Å². The quantitative estimate of drug-likeness (QED) is 0.677. The summed E-state index contributed by atoms with van der Waals surface area (Å²) in [6, 6.07) is 4.36. The van der Waals surface area contributed by atoms with Crippen molar-refractivity contribution in [3.05, 3.63) is 23.8 Å². The number of carbonyl (C=O) groups is 1. The molecule has 2 unspecified atom stereocenters. The summed E-state index contributed by atoms with van der Waals surface area (Å²) in [6.07, 6.45) is 1.15. The molecule has 1 saturated carbocycles. The largest absolute Gasteiger partial charge is 0.504 e. The highest BCUT2D eigenvalue weighted by Crippen LogP contribution is 2.37. The highest BCUT2D eigenvalue weighted by Gasteiger charge is 2.32. The minimum absolute atomic E-state index is 0.119. The molecule has 3 N–H and O–H groups in total. The highest BCUT2D eigenvalue weighted by molar-refractivity contribution is 5.97. The van der Waals surface area contributed by atoms with Gasteiger partial charge in [-0.2, -0.15) is 0 Å². The molecule has 0 radical (unpaired) electrons. The zero-order valence-electron chi connectivity index (χ0n) is 9.10. The number of phenolic OH excluding ortho intramolecular Hbond substituents is 2. The van der Waals surface area contributed by atoms with Crippen molar-refractivity contribution >= 4 is 5.91 Å². The molecule has 16 heavy (non-hydrogen) atoms. The van der Waals surface area contributed by atoms with Gasteiger partial charge >= 0.3 is 0 Å². The predicted molar refractivity (Wildman–Crippen MR) is 59.4 cm³/mol. The number of carbonyl (C=O) groups excluding carboxylic acids is 1. The van der Waals surface area contributed by atoms with E-state index in [1.165, 1.54) is 18.2 Å². The summed E-state index contributed by atoms with van der Waals surface area (Å²) in [5, 5.41) is 21.5. The maximum Gasteiger partial charge on any atom is 0.255 e. The molecule has 0 heterocycles. The second-order valence-electron chi connectivity index (χ2n) is 4.36. The van der Waals surface area contributed by atoms with Crippen molar-refractivity contribution in [3.8, 4) is 11.5 Å². The van der Waals surface area contributed by atoms with Crippen LogP contribution in [0.3, 0.4) is 0 Å². The van der Waals surface area contributed by atoms with E-state index in [4.69, 9.17) is 0 Å². The number of rotatable bonds is 3. The van der Waals surface area contributed by atoms with E-state index in [0.29, 0.717) is 18.4 Å². The number of nitrogens with one attached hydrogen (secondary N) is 1. The van der Waals surface area contributed by atoms with E-state index in [-0.39, 0.29) is 23.0 Å². The lowest BCUT2D eigenvalue weighted by Crippen LogP contribution is -2.25. The highest BCUT2D eigenvalue weighted by atomic mass is 16.3. The van der Waals surface area contributed by atoms with Crippen LogP contribution in [0.15, 0.2) is 18.2 Å². The standard InChI is InChI=1S/C12H15NO3/c1-7-5-8(7)6-13-12(16)9-3-2-4-10(14)11(9)15/h2-4,7-8,14-15H,5-6H2,1H3,(H,13,16). The molecule has 1 fully saturated rings. The molecule has 2 rings (SSSR count). The van der Waals surface area contributed by atoms with E-state index in [1.807, 2.05) is 0 Å². The normalized spacial score (nSPS) is 22.8. The Balaban J connectivity index is 2.00. The minimum atomic E-state index is -0.358. The summed E-state index contributed by atoms with van der Waals surface area (Å²) in [5.41, 5.74) is 0.119. The van der Waals surface area contributed by atoms with Crippen molar-refractivity contribution in [3.63, 3.8) is 0 Å². The predicted octanol–water partition coefficient (Wildman–Crippen LogP) is 1.48. The zero-order valence-corrected chi connectivity index (χ0v) is 9.10. The van der Waals surface area contributed by atoms with Crippen molar-refractivity contribution in [2.45, 2.75) is 13.3 Å². The van der Waals surface area contributed by atoms with Crippen LogP contribution in [-0.2, 0) is 0 Å². The maximum absolute atomic E-state index is 11.7. The van der Waals surface area contributed by atoms with Crippen LogP contribution in [-0.4, -0.2) is 22.7 Å². The zero-order chi connectivity index (χ0) is 11.7. The first kappa shape index (κ1) is 10.8. The number of phenols is 2. The third-order valence-electron chi connectivity index (χ3n) is 3.06. The Morgan fingerprint density at radius 1 is 1.50 bits per heavy atom. The molecule has 2 atom stereocenters. The summed E-state index contributed by atoms with van der Waals surface area (Å²) in [6.45, 7) is 2.78. The summed E-state index contributed by atoms with van der Waals surface area (Å²) in [5.74, 6) is 0.269. The fraction of sp³-hybridized carbons (Fsp3) is 0.417. The van der Waals surface area contributed by atoms with Crippen LogP contribution in [0.5, 0.6) is 11.5 Å². The van der Waals surface area contributed by atoms with Gasteiger partial charge in [-0.05, 0) is 30.4 Å². The molecule has 1 aliphatic carbocycles. The smallest absolute Gasteiger partial charge is 0.255 e. The molecular formula is C12H15NO3. The van der Waals surface area contributed by atoms with Gasteiger partial charge < -0.3 is 15.5 Å². The number of benzene rings is 1. The first-order chi connectivity index (χ1) is 7.59. The van der Waals surface area contributed by atoms with Crippen molar-refractivity contribution in [2.75, 3.05) is 6.54 Å². The molecule has 1 aromatic rings. The first-order valence-electron chi connectivity index (χ1n) is 5.38. The summed E-state index contributed by atoms with van der Waals surface area (Å²) < 4.78 is 0. The van der Waals surface area contributed by atoms with Crippen LogP contribution in [0.2, 0.25) is 0 Å². The summed E-state index contributed by atoms with van der Waals surface area (Å²) >= 11 is 0. The van der Waals surface area contributed by atoms with E-state index in [2.05, 4.69) is 12.2 Å². The molecule has 1 aromatic carbocycles. The van der Waals surface area contributed by atoms with Crippen LogP contribution < -0.4 is 5.32 Å². The summed E-state index contributed by atoms with van der Waals surface area (Å²) in [4.78, 5) is 11.7. The number of hydrogen-bond donors (Lipinski definition) is 3. The lowest BCUT2D eigenvalue weighted by atomic mass is 10.1. The Morgan fingerprint density at radius 3 is 2.81 bits per heavy atom. The maximum atomic E-state index is 11.7. The minimum Gasteiger partial charge on any atom is -0.504 e. The second kappa shape index (κ2) is 4.04. The van der Waals surface area contributed by atoms with E-state index in [0.717, 1.165) is 6.42 Å². The molecule has 86 valence electrons. The average molecular weight is 221 g/mol. The van der Waals surface area contributed by atoms with Gasteiger partial charge in [0.25, 0.3) is 5.91 Å². The lowest BCUT2D eigenvalue weighted by Gasteiger charge is -2.07. The molecule has 0 aromatic heterocycles. The van der Waals surface area contributed by atoms with E-state index >= 15 is 0 Å². The molecule has 4 nitrogen and oxygen atoms in total. The second-order valence-corrected chi connectivity index (χ2v) is 4.36. The van der Waals surface area contributed by atoms with Crippen molar-refractivity contribution < 1.29 is 15.0 Å². The monoisotopic (exact) mass is 221 g/mol. The topological polar surface area (TPSA) is 69.6 Å². The average Bonchev–Trinajstić information content (AvgIpc) is 2.95.